The second kappa shape index (κ2) is 5.95. The molecule has 6 heteroatoms. The van der Waals surface area contributed by atoms with Crippen LogP contribution in [0.25, 0.3) is 0 Å². The lowest BCUT2D eigenvalue weighted by Crippen LogP contribution is -2.35. The van der Waals surface area contributed by atoms with E-state index in [-0.39, 0.29) is 6.54 Å². The molecule has 0 heterocycles. The normalized spacial score (nSPS) is 10.1. The van der Waals surface area contributed by atoms with Crippen molar-refractivity contribution in [3.05, 3.63) is 33.1 Å². The van der Waals surface area contributed by atoms with Crippen LogP contribution >= 0.6 is 22.6 Å². The molecule has 0 saturated heterocycles. The number of rotatable bonds is 4. The Morgan fingerprint density at radius 3 is 2.59 bits per heavy atom. The molecular formula is C11H11FINO3. The van der Waals surface area contributed by atoms with Crippen molar-refractivity contribution < 1.29 is 19.1 Å². The minimum absolute atomic E-state index is 0.290. The first-order valence-electron chi connectivity index (χ1n) is 4.91. The maximum Gasteiger partial charge on any atom is 0.323 e. The zero-order valence-corrected chi connectivity index (χ0v) is 11.3. The number of likely N-dealkylation sites (N-methyl/N-ethyl adjacent to an activating group) is 1. The van der Waals surface area contributed by atoms with Gasteiger partial charge in [-0.1, -0.05) is 0 Å². The average Bonchev–Trinajstić information content (AvgIpc) is 2.24. The molecule has 92 valence electrons. The fraction of sp³-hybridized carbons (Fsp3) is 0.273. The van der Waals surface area contributed by atoms with Crippen molar-refractivity contribution in [1.82, 2.24) is 4.90 Å². The minimum Gasteiger partial charge on any atom is -0.480 e. The van der Waals surface area contributed by atoms with Crippen molar-refractivity contribution in [2.24, 2.45) is 0 Å². The molecule has 0 aliphatic heterocycles. The predicted octanol–water partition coefficient (Wildman–Crippen LogP) is 1.98. The lowest BCUT2D eigenvalue weighted by atomic mass is 10.2. The molecule has 4 nitrogen and oxygen atoms in total. The average molecular weight is 351 g/mol. The number of nitrogens with zero attached hydrogens (tertiary/aromatic N) is 1. The number of carbonyl (C=O) groups is 2. The summed E-state index contributed by atoms with van der Waals surface area (Å²) in [6.07, 6.45) is 0. The van der Waals surface area contributed by atoms with Gasteiger partial charge in [0.05, 0.1) is 5.56 Å². The first-order valence-corrected chi connectivity index (χ1v) is 5.99. The summed E-state index contributed by atoms with van der Waals surface area (Å²) in [5.74, 6) is -1.90. The van der Waals surface area contributed by atoms with E-state index in [9.17, 15) is 14.0 Å². The number of carboxylic acids is 1. The Morgan fingerprint density at radius 2 is 2.12 bits per heavy atom. The van der Waals surface area contributed by atoms with Crippen LogP contribution in [0.1, 0.15) is 17.3 Å². The van der Waals surface area contributed by atoms with Gasteiger partial charge in [-0.3, -0.25) is 9.59 Å². The van der Waals surface area contributed by atoms with Gasteiger partial charge in [-0.2, -0.15) is 0 Å². The Balaban J connectivity index is 2.97. The highest BCUT2D eigenvalue weighted by Crippen LogP contribution is 2.16. The third-order valence-electron chi connectivity index (χ3n) is 2.16. The largest absolute Gasteiger partial charge is 0.480 e. The van der Waals surface area contributed by atoms with Crippen LogP contribution in [0.2, 0.25) is 0 Å². The molecule has 0 aromatic heterocycles. The summed E-state index contributed by atoms with van der Waals surface area (Å²) in [6.45, 7) is 1.62. The summed E-state index contributed by atoms with van der Waals surface area (Å²) >= 11 is 1.85. The molecule has 1 rings (SSSR count). The molecule has 1 aromatic rings. The van der Waals surface area contributed by atoms with Crippen LogP contribution in [0.4, 0.5) is 4.39 Å². The third kappa shape index (κ3) is 3.65. The van der Waals surface area contributed by atoms with Crippen LogP contribution in [0.5, 0.6) is 0 Å². The van der Waals surface area contributed by atoms with Crippen LogP contribution in [0.15, 0.2) is 18.2 Å². The van der Waals surface area contributed by atoms with Crippen molar-refractivity contribution >= 4 is 34.5 Å². The summed E-state index contributed by atoms with van der Waals surface area (Å²) in [7, 11) is 0. The number of amides is 1. The predicted molar refractivity (Wildman–Crippen MR) is 68.3 cm³/mol. The maximum atomic E-state index is 12.9. The molecule has 0 atom stereocenters. The Labute approximate surface area is 112 Å². The lowest BCUT2D eigenvalue weighted by Gasteiger charge is -2.19. The first-order chi connectivity index (χ1) is 7.95. The molecule has 17 heavy (non-hydrogen) atoms. The molecule has 0 bridgehead atoms. The summed E-state index contributed by atoms with van der Waals surface area (Å²) in [4.78, 5) is 23.8. The van der Waals surface area contributed by atoms with Gasteiger partial charge in [-0.15, -0.1) is 0 Å². The van der Waals surface area contributed by atoms with Gasteiger partial charge in [0.25, 0.3) is 5.91 Å². The summed E-state index contributed by atoms with van der Waals surface area (Å²) in [5, 5.41) is 8.67. The molecule has 1 amide bonds. The smallest absolute Gasteiger partial charge is 0.323 e. The van der Waals surface area contributed by atoms with Gasteiger partial charge in [-0.05, 0) is 47.7 Å². The second-order valence-corrected chi connectivity index (χ2v) is 4.50. The van der Waals surface area contributed by atoms with Crippen LogP contribution in [0.3, 0.4) is 0 Å². The van der Waals surface area contributed by atoms with Crippen molar-refractivity contribution in [3.8, 4) is 0 Å². The monoisotopic (exact) mass is 351 g/mol. The number of carbonyl (C=O) groups excluding carboxylic acids is 1. The van der Waals surface area contributed by atoms with E-state index in [1.54, 1.807) is 6.92 Å². The van der Waals surface area contributed by atoms with E-state index < -0.39 is 17.7 Å². The lowest BCUT2D eigenvalue weighted by molar-refractivity contribution is -0.137. The van der Waals surface area contributed by atoms with Crippen molar-refractivity contribution in [2.75, 3.05) is 13.1 Å². The zero-order chi connectivity index (χ0) is 13.0. The number of benzene rings is 1. The molecule has 1 N–H and O–H groups in total. The van der Waals surface area contributed by atoms with E-state index in [4.69, 9.17) is 5.11 Å². The Hall–Kier alpha value is -1.18. The topological polar surface area (TPSA) is 57.6 Å². The van der Waals surface area contributed by atoms with E-state index in [0.717, 1.165) is 0 Å². The van der Waals surface area contributed by atoms with Crippen LogP contribution in [0, 0.1) is 9.39 Å². The van der Waals surface area contributed by atoms with Crippen LogP contribution in [-0.4, -0.2) is 35.0 Å². The third-order valence-corrected chi connectivity index (χ3v) is 3.05. The van der Waals surface area contributed by atoms with Crippen molar-refractivity contribution in [1.29, 1.82) is 0 Å². The zero-order valence-electron chi connectivity index (χ0n) is 9.11. The fourth-order valence-corrected chi connectivity index (χ4v) is 2.03. The summed E-state index contributed by atoms with van der Waals surface area (Å²) in [5.41, 5.74) is 0.315. The molecule has 0 radical (unpaired) electrons. The summed E-state index contributed by atoms with van der Waals surface area (Å²) < 4.78 is 13.3. The van der Waals surface area contributed by atoms with E-state index in [2.05, 4.69) is 0 Å². The molecule has 0 aliphatic carbocycles. The Kier molecular flexibility index (Phi) is 4.86. The van der Waals surface area contributed by atoms with Gasteiger partial charge in [0, 0.05) is 10.1 Å². The van der Waals surface area contributed by atoms with Gasteiger partial charge in [-0.25, -0.2) is 4.39 Å². The van der Waals surface area contributed by atoms with Gasteiger partial charge in [0.1, 0.15) is 12.4 Å². The molecule has 0 saturated carbocycles. The Bertz CT molecular complexity index is 450. The van der Waals surface area contributed by atoms with Crippen LogP contribution < -0.4 is 0 Å². The SMILES string of the molecule is CCN(CC(=O)O)C(=O)c1ccc(F)cc1I. The molecule has 1 aromatic carbocycles. The molecular weight excluding hydrogens is 340 g/mol. The van der Waals surface area contributed by atoms with Crippen molar-refractivity contribution in [2.45, 2.75) is 6.92 Å². The fourth-order valence-electron chi connectivity index (χ4n) is 1.32. The minimum atomic E-state index is -1.07. The van der Waals surface area contributed by atoms with Crippen molar-refractivity contribution in [3.63, 3.8) is 0 Å². The van der Waals surface area contributed by atoms with E-state index in [1.165, 1.54) is 23.1 Å². The maximum absolute atomic E-state index is 12.9. The highest BCUT2D eigenvalue weighted by atomic mass is 127. The highest BCUT2D eigenvalue weighted by Gasteiger charge is 2.19. The molecule has 0 unspecified atom stereocenters. The van der Waals surface area contributed by atoms with Crippen LogP contribution in [-0.2, 0) is 4.79 Å². The van der Waals surface area contributed by atoms with E-state index >= 15 is 0 Å². The molecule has 0 aliphatic rings. The van der Waals surface area contributed by atoms with Gasteiger partial charge in [0.15, 0.2) is 0 Å². The summed E-state index contributed by atoms with van der Waals surface area (Å²) in [6, 6.07) is 3.79. The standard InChI is InChI=1S/C11H11FINO3/c1-2-14(6-10(15)16)11(17)8-4-3-7(12)5-9(8)13/h3-5H,2,6H2,1H3,(H,15,16). The molecule has 0 spiro atoms. The van der Waals surface area contributed by atoms with E-state index in [1.807, 2.05) is 22.6 Å². The number of hydrogen-bond acceptors (Lipinski definition) is 2. The highest BCUT2D eigenvalue weighted by molar-refractivity contribution is 14.1. The number of halogens is 2. The Morgan fingerprint density at radius 1 is 1.47 bits per heavy atom. The second-order valence-electron chi connectivity index (χ2n) is 3.34. The van der Waals surface area contributed by atoms with E-state index in [0.29, 0.717) is 15.7 Å². The number of carboxylic acid groups (broad SMARTS) is 1. The van der Waals surface area contributed by atoms with Gasteiger partial charge >= 0.3 is 5.97 Å². The number of aliphatic carboxylic acids is 1. The molecule has 0 fully saturated rings. The quantitative estimate of drug-likeness (QED) is 0.844. The first kappa shape index (κ1) is 13.9. The van der Waals surface area contributed by atoms with Gasteiger partial charge in [0.2, 0.25) is 0 Å². The number of hydrogen-bond donors (Lipinski definition) is 1. The van der Waals surface area contributed by atoms with Gasteiger partial charge < -0.3 is 10.0 Å².